The van der Waals surface area contributed by atoms with Crippen LogP contribution in [-0.2, 0) is 6.42 Å². The molecule has 0 radical (unpaired) electrons. The normalized spacial score (nSPS) is 10.2. The fourth-order valence-corrected chi connectivity index (χ4v) is 1.81. The number of phenolic OH excluding ortho intramolecular Hbond substituents is 1. The van der Waals surface area contributed by atoms with Crippen molar-refractivity contribution in [2.75, 3.05) is 23.7 Å². The Balaban J connectivity index is 1.85. The van der Waals surface area contributed by atoms with Gasteiger partial charge in [-0.25, -0.2) is 4.98 Å². The van der Waals surface area contributed by atoms with E-state index in [9.17, 15) is 5.11 Å². The third kappa shape index (κ3) is 4.17. The van der Waals surface area contributed by atoms with E-state index in [0.717, 1.165) is 31.1 Å². The maximum atomic E-state index is 9.21. The minimum atomic E-state index is 0.303. The van der Waals surface area contributed by atoms with E-state index >= 15 is 0 Å². The molecule has 1 aromatic carbocycles. The highest BCUT2D eigenvalue weighted by Crippen LogP contribution is 2.11. The number of phenols is 1. The average Bonchev–Trinajstić information content (AvgIpc) is 2.42. The number of hydrogen-bond donors (Lipinski definition) is 3. The second-order valence-corrected chi connectivity index (χ2v) is 4.28. The first-order chi connectivity index (χ1) is 9.28. The predicted octanol–water partition coefficient (Wildman–Crippen LogP) is 2.87. The number of rotatable bonds is 6. The summed E-state index contributed by atoms with van der Waals surface area (Å²) in [5.41, 5.74) is 1.19. The molecule has 19 heavy (non-hydrogen) atoms. The second-order valence-electron chi connectivity index (χ2n) is 4.28. The van der Waals surface area contributed by atoms with Crippen molar-refractivity contribution in [1.29, 1.82) is 0 Å². The van der Waals surface area contributed by atoms with Crippen LogP contribution in [0, 0.1) is 0 Å². The molecule has 0 saturated heterocycles. The van der Waals surface area contributed by atoms with Gasteiger partial charge < -0.3 is 15.7 Å². The quantitative estimate of drug-likeness (QED) is 0.745. The summed E-state index contributed by atoms with van der Waals surface area (Å²) in [6.07, 6.45) is 0.896. The molecular weight excluding hydrogens is 238 g/mol. The van der Waals surface area contributed by atoms with Crippen molar-refractivity contribution in [3.63, 3.8) is 0 Å². The van der Waals surface area contributed by atoms with Gasteiger partial charge in [-0.15, -0.1) is 0 Å². The Morgan fingerprint density at radius 3 is 2.37 bits per heavy atom. The lowest BCUT2D eigenvalue weighted by atomic mass is 10.1. The zero-order valence-corrected chi connectivity index (χ0v) is 11.1. The molecule has 0 saturated carbocycles. The Labute approximate surface area is 113 Å². The van der Waals surface area contributed by atoms with Gasteiger partial charge >= 0.3 is 0 Å². The molecular formula is C15H19N3O. The fourth-order valence-electron chi connectivity index (χ4n) is 1.81. The third-order valence-electron chi connectivity index (χ3n) is 2.76. The van der Waals surface area contributed by atoms with Gasteiger partial charge in [-0.1, -0.05) is 18.2 Å². The first-order valence-electron chi connectivity index (χ1n) is 6.50. The molecule has 0 aliphatic carbocycles. The molecule has 0 aliphatic rings. The maximum absolute atomic E-state index is 9.21. The summed E-state index contributed by atoms with van der Waals surface area (Å²) in [5.74, 6) is 2.06. The summed E-state index contributed by atoms with van der Waals surface area (Å²) in [4.78, 5) is 4.45. The van der Waals surface area contributed by atoms with E-state index < -0.39 is 0 Å². The number of aromatic nitrogens is 1. The molecule has 0 aliphatic heterocycles. The van der Waals surface area contributed by atoms with Gasteiger partial charge in [0.25, 0.3) is 0 Å². The smallest absolute Gasteiger partial charge is 0.128 e. The van der Waals surface area contributed by atoms with Crippen LogP contribution in [-0.4, -0.2) is 23.2 Å². The predicted molar refractivity (Wildman–Crippen MR) is 78.7 cm³/mol. The van der Waals surface area contributed by atoms with E-state index in [-0.39, 0.29) is 0 Å². The van der Waals surface area contributed by atoms with Crippen LogP contribution < -0.4 is 10.6 Å². The number of pyridine rings is 1. The van der Waals surface area contributed by atoms with Gasteiger partial charge in [-0.2, -0.15) is 0 Å². The first-order valence-corrected chi connectivity index (χ1v) is 6.50. The van der Waals surface area contributed by atoms with Crippen molar-refractivity contribution >= 4 is 11.6 Å². The molecule has 4 heteroatoms. The van der Waals surface area contributed by atoms with Crippen molar-refractivity contribution in [2.24, 2.45) is 0 Å². The molecule has 100 valence electrons. The minimum Gasteiger partial charge on any atom is -0.508 e. The van der Waals surface area contributed by atoms with Gasteiger partial charge in [0.15, 0.2) is 0 Å². The number of anilines is 2. The second kappa shape index (κ2) is 6.64. The summed E-state index contributed by atoms with van der Waals surface area (Å²) < 4.78 is 0. The molecule has 2 aromatic rings. The summed E-state index contributed by atoms with van der Waals surface area (Å²) >= 11 is 0. The van der Waals surface area contributed by atoms with Gasteiger partial charge in [0.2, 0.25) is 0 Å². The summed E-state index contributed by atoms with van der Waals surface area (Å²) in [5, 5.41) is 15.7. The molecule has 0 bridgehead atoms. The summed E-state index contributed by atoms with van der Waals surface area (Å²) in [7, 11) is 0. The Hall–Kier alpha value is -2.23. The van der Waals surface area contributed by atoms with Crippen LogP contribution in [0.5, 0.6) is 5.75 Å². The number of nitrogens with zero attached hydrogens (tertiary/aromatic N) is 1. The van der Waals surface area contributed by atoms with E-state index in [1.807, 2.05) is 37.3 Å². The zero-order valence-electron chi connectivity index (χ0n) is 11.1. The van der Waals surface area contributed by atoms with Crippen LogP contribution >= 0.6 is 0 Å². The molecule has 0 atom stereocenters. The van der Waals surface area contributed by atoms with E-state index in [1.54, 1.807) is 12.1 Å². The van der Waals surface area contributed by atoms with Gasteiger partial charge in [-0.3, -0.25) is 0 Å². The molecule has 0 amide bonds. The molecule has 0 fully saturated rings. The number of aromatic hydroxyl groups is 1. The van der Waals surface area contributed by atoms with E-state index in [2.05, 4.69) is 15.6 Å². The van der Waals surface area contributed by atoms with Crippen molar-refractivity contribution in [3.8, 4) is 5.75 Å². The molecule has 1 aromatic heterocycles. The van der Waals surface area contributed by atoms with Gasteiger partial charge in [0.1, 0.15) is 17.4 Å². The van der Waals surface area contributed by atoms with Crippen molar-refractivity contribution in [3.05, 3.63) is 48.0 Å². The van der Waals surface area contributed by atoms with Gasteiger partial charge in [0, 0.05) is 13.1 Å². The van der Waals surface area contributed by atoms with Crippen molar-refractivity contribution in [1.82, 2.24) is 4.98 Å². The summed E-state index contributed by atoms with van der Waals surface area (Å²) in [6.45, 7) is 3.73. The molecule has 0 spiro atoms. The van der Waals surface area contributed by atoms with Gasteiger partial charge in [0.05, 0.1) is 0 Å². The average molecular weight is 257 g/mol. The summed E-state index contributed by atoms with van der Waals surface area (Å²) in [6, 6.07) is 13.2. The minimum absolute atomic E-state index is 0.303. The van der Waals surface area contributed by atoms with E-state index in [0.29, 0.717) is 5.75 Å². The SMILES string of the molecule is CCNc1cccc(NCCc2ccc(O)cc2)n1. The highest BCUT2D eigenvalue weighted by atomic mass is 16.3. The van der Waals surface area contributed by atoms with E-state index in [4.69, 9.17) is 0 Å². The van der Waals surface area contributed by atoms with Crippen LogP contribution in [0.3, 0.4) is 0 Å². The van der Waals surface area contributed by atoms with Crippen LogP contribution in [0.2, 0.25) is 0 Å². The fraction of sp³-hybridized carbons (Fsp3) is 0.267. The lowest BCUT2D eigenvalue weighted by molar-refractivity contribution is 0.475. The first kappa shape index (κ1) is 13.2. The van der Waals surface area contributed by atoms with Crippen LogP contribution in [0.25, 0.3) is 0 Å². The molecule has 2 rings (SSSR count). The highest BCUT2D eigenvalue weighted by Gasteiger charge is 1.97. The maximum Gasteiger partial charge on any atom is 0.128 e. The lowest BCUT2D eigenvalue weighted by Gasteiger charge is -2.08. The number of hydrogen-bond acceptors (Lipinski definition) is 4. The zero-order chi connectivity index (χ0) is 13.5. The lowest BCUT2D eigenvalue weighted by Crippen LogP contribution is -2.07. The number of benzene rings is 1. The van der Waals surface area contributed by atoms with Crippen LogP contribution in [0.1, 0.15) is 12.5 Å². The Morgan fingerprint density at radius 2 is 1.68 bits per heavy atom. The standard InChI is InChI=1S/C15H19N3O/c1-2-16-14-4-3-5-15(18-14)17-11-10-12-6-8-13(19)9-7-12/h3-9,19H,2,10-11H2,1H3,(H2,16,17,18). The highest BCUT2D eigenvalue weighted by molar-refractivity contribution is 5.45. The van der Waals surface area contributed by atoms with Gasteiger partial charge in [-0.05, 0) is 43.2 Å². The monoisotopic (exact) mass is 257 g/mol. The molecule has 3 N–H and O–H groups in total. The number of nitrogens with one attached hydrogen (secondary N) is 2. The Morgan fingerprint density at radius 1 is 1.00 bits per heavy atom. The molecule has 0 unspecified atom stereocenters. The van der Waals surface area contributed by atoms with Crippen molar-refractivity contribution < 1.29 is 5.11 Å². The molecule has 1 heterocycles. The van der Waals surface area contributed by atoms with Crippen LogP contribution in [0.4, 0.5) is 11.6 Å². The Kier molecular flexibility index (Phi) is 4.61. The molecule has 4 nitrogen and oxygen atoms in total. The Bertz CT molecular complexity index is 511. The van der Waals surface area contributed by atoms with E-state index in [1.165, 1.54) is 5.56 Å². The van der Waals surface area contributed by atoms with Crippen LogP contribution in [0.15, 0.2) is 42.5 Å². The van der Waals surface area contributed by atoms with Crippen molar-refractivity contribution in [2.45, 2.75) is 13.3 Å². The third-order valence-corrected chi connectivity index (χ3v) is 2.76. The topological polar surface area (TPSA) is 57.2 Å². The largest absolute Gasteiger partial charge is 0.508 e.